The number of nitrogens with one attached hydrogen (secondary N) is 2. The lowest BCUT2D eigenvalue weighted by molar-refractivity contribution is -0.124. The Labute approximate surface area is 122 Å². The van der Waals surface area contributed by atoms with Gasteiger partial charge in [0.2, 0.25) is 11.8 Å². The number of hydrogen-bond donors (Lipinski definition) is 3. The van der Waals surface area contributed by atoms with Crippen LogP contribution in [0.25, 0.3) is 0 Å². The van der Waals surface area contributed by atoms with Crippen molar-refractivity contribution in [2.75, 3.05) is 18.4 Å². The Kier molecular flexibility index (Phi) is 4.30. The van der Waals surface area contributed by atoms with E-state index in [2.05, 4.69) is 10.6 Å². The second-order valence-electron chi connectivity index (χ2n) is 5.07. The molecule has 0 bridgehead atoms. The maximum atomic E-state index is 12.4. The fourth-order valence-electron chi connectivity index (χ4n) is 2.46. The molecule has 6 heteroatoms. The van der Waals surface area contributed by atoms with Crippen molar-refractivity contribution in [3.05, 3.63) is 28.8 Å². The molecule has 0 saturated carbocycles. The Morgan fingerprint density at radius 1 is 1.50 bits per heavy atom. The first-order chi connectivity index (χ1) is 9.48. The molecule has 1 saturated heterocycles. The van der Waals surface area contributed by atoms with Crippen LogP contribution in [0.1, 0.15) is 30.1 Å². The maximum absolute atomic E-state index is 12.4. The Morgan fingerprint density at radius 2 is 2.25 bits per heavy atom. The molecule has 2 amide bonds. The van der Waals surface area contributed by atoms with E-state index in [4.69, 9.17) is 17.3 Å². The molecule has 1 unspecified atom stereocenters. The van der Waals surface area contributed by atoms with Gasteiger partial charge in [-0.05, 0) is 37.6 Å². The molecular weight excluding hydrogens is 278 g/mol. The van der Waals surface area contributed by atoms with Gasteiger partial charge >= 0.3 is 0 Å². The van der Waals surface area contributed by atoms with Crippen molar-refractivity contribution < 1.29 is 9.59 Å². The summed E-state index contributed by atoms with van der Waals surface area (Å²) in [4.78, 5) is 23.7. The number of nitrogens with two attached hydrogens (primary N) is 1. The molecule has 1 aromatic carbocycles. The molecule has 1 atom stereocenters. The lowest BCUT2D eigenvalue weighted by atomic mass is 9.83. The lowest BCUT2D eigenvalue weighted by Gasteiger charge is -2.25. The number of halogens is 1. The third-order valence-electron chi connectivity index (χ3n) is 3.89. The number of benzene rings is 1. The molecule has 1 heterocycles. The summed E-state index contributed by atoms with van der Waals surface area (Å²) in [5, 5.41) is 6.35. The molecule has 0 radical (unpaired) electrons. The average molecular weight is 296 g/mol. The van der Waals surface area contributed by atoms with Gasteiger partial charge in [0.25, 0.3) is 0 Å². The van der Waals surface area contributed by atoms with Crippen molar-refractivity contribution in [1.29, 1.82) is 0 Å². The lowest BCUT2D eigenvalue weighted by Crippen LogP contribution is -2.37. The van der Waals surface area contributed by atoms with Gasteiger partial charge in [-0.2, -0.15) is 0 Å². The molecule has 1 aliphatic heterocycles. The highest BCUT2D eigenvalue weighted by molar-refractivity contribution is 6.34. The molecular formula is C14H18ClN3O2. The predicted molar refractivity (Wildman–Crippen MR) is 78.8 cm³/mol. The number of rotatable bonds is 4. The van der Waals surface area contributed by atoms with Crippen molar-refractivity contribution >= 4 is 29.1 Å². The van der Waals surface area contributed by atoms with E-state index in [9.17, 15) is 9.59 Å². The second kappa shape index (κ2) is 5.81. The molecule has 1 aliphatic rings. The van der Waals surface area contributed by atoms with Crippen LogP contribution in [-0.4, -0.2) is 24.9 Å². The van der Waals surface area contributed by atoms with Crippen LogP contribution in [0, 0.1) is 5.41 Å². The smallest absolute Gasteiger partial charge is 0.250 e. The standard InChI is InChI=1S/C14H18ClN3O2/c1-2-14(5-6-17-8-14)13(20)18-9-3-4-11(15)10(7-9)12(16)19/h3-4,7,17H,2,5-6,8H2,1H3,(H2,16,19)(H,18,20). The van der Waals surface area contributed by atoms with E-state index in [1.165, 1.54) is 6.07 Å². The SMILES string of the molecule is CCC1(C(=O)Nc2ccc(Cl)c(C(N)=O)c2)CCNC1. The van der Waals surface area contributed by atoms with E-state index >= 15 is 0 Å². The Bertz CT molecular complexity index is 539. The number of hydrogen-bond acceptors (Lipinski definition) is 3. The number of carbonyl (C=O) groups excluding carboxylic acids is 2. The van der Waals surface area contributed by atoms with E-state index in [0.29, 0.717) is 12.2 Å². The van der Waals surface area contributed by atoms with E-state index in [1.807, 2.05) is 6.92 Å². The van der Waals surface area contributed by atoms with Gasteiger partial charge in [0.1, 0.15) is 0 Å². The van der Waals surface area contributed by atoms with Crippen molar-refractivity contribution in [3.8, 4) is 0 Å². The summed E-state index contributed by atoms with van der Waals surface area (Å²) in [6, 6.07) is 4.73. The second-order valence-corrected chi connectivity index (χ2v) is 5.48. The number of carbonyl (C=O) groups is 2. The average Bonchev–Trinajstić information content (AvgIpc) is 2.90. The van der Waals surface area contributed by atoms with Gasteiger partial charge in [0, 0.05) is 12.2 Å². The normalized spacial score (nSPS) is 21.7. The zero-order valence-electron chi connectivity index (χ0n) is 11.3. The zero-order chi connectivity index (χ0) is 14.8. The summed E-state index contributed by atoms with van der Waals surface area (Å²) in [5.41, 5.74) is 5.60. The van der Waals surface area contributed by atoms with Crippen LogP contribution < -0.4 is 16.4 Å². The van der Waals surface area contributed by atoms with Crippen LogP contribution in [-0.2, 0) is 4.79 Å². The highest BCUT2D eigenvalue weighted by atomic mass is 35.5. The van der Waals surface area contributed by atoms with E-state index in [-0.39, 0.29) is 21.9 Å². The molecule has 0 spiro atoms. The van der Waals surface area contributed by atoms with Crippen LogP contribution in [0.2, 0.25) is 5.02 Å². The minimum atomic E-state index is -0.612. The Hall–Kier alpha value is -1.59. The molecule has 0 aromatic heterocycles. The number of amides is 2. The van der Waals surface area contributed by atoms with Crippen molar-refractivity contribution in [3.63, 3.8) is 0 Å². The summed E-state index contributed by atoms with van der Waals surface area (Å²) in [7, 11) is 0. The van der Waals surface area contributed by atoms with Gasteiger partial charge in [0.05, 0.1) is 16.0 Å². The third-order valence-corrected chi connectivity index (χ3v) is 4.22. The van der Waals surface area contributed by atoms with E-state index in [0.717, 1.165) is 19.4 Å². The first-order valence-corrected chi connectivity index (χ1v) is 6.98. The minimum Gasteiger partial charge on any atom is -0.366 e. The molecule has 0 aliphatic carbocycles. The monoisotopic (exact) mass is 295 g/mol. The molecule has 2 rings (SSSR count). The van der Waals surface area contributed by atoms with Crippen molar-refractivity contribution in [2.24, 2.45) is 11.1 Å². The highest BCUT2D eigenvalue weighted by Crippen LogP contribution is 2.31. The van der Waals surface area contributed by atoms with Gasteiger partial charge in [-0.25, -0.2) is 0 Å². The summed E-state index contributed by atoms with van der Waals surface area (Å²) in [5.74, 6) is -0.651. The predicted octanol–water partition coefficient (Wildman–Crippen LogP) is 1.77. The Balaban J connectivity index is 2.19. The summed E-state index contributed by atoms with van der Waals surface area (Å²) in [6.07, 6.45) is 1.58. The minimum absolute atomic E-state index is 0.0391. The Morgan fingerprint density at radius 3 is 2.80 bits per heavy atom. The summed E-state index contributed by atoms with van der Waals surface area (Å²) < 4.78 is 0. The van der Waals surface area contributed by atoms with Crippen molar-refractivity contribution in [2.45, 2.75) is 19.8 Å². The molecule has 5 nitrogen and oxygen atoms in total. The fraction of sp³-hybridized carbons (Fsp3) is 0.429. The molecule has 20 heavy (non-hydrogen) atoms. The van der Waals surface area contributed by atoms with Crippen LogP contribution in [0.5, 0.6) is 0 Å². The third kappa shape index (κ3) is 2.78. The first-order valence-electron chi connectivity index (χ1n) is 6.60. The fourth-order valence-corrected chi connectivity index (χ4v) is 2.67. The van der Waals surface area contributed by atoms with Gasteiger partial charge in [-0.1, -0.05) is 18.5 Å². The van der Waals surface area contributed by atoms with Gasteiger partial charge in [0.15, 0.2) is 0 Å². The van der Waals surface area contributed by atoms with Crippen LogP contribution in [0.15, 0.2) is 18.2 Å². The highest BCUT2D eigenvalue weighted by Gasteiger charge is 2.39. The summed E-state index contributed by atoms with van der Waals surface area (Å²) >= 11 is 5.89. The van der Waals surface area contributed by atoms with Crippen LogP contribution in [0.4, 0.5) is 5.69 Å². The van der Waals surface area contributed by atoms with E-state index < -0.39 is 5.91 Å². The molecule has 1 aromatic rings. The molecule has 1 fully saturated rings. The zero-order valence-corrected chi connectivity index (χ0v) is 12.1. The summed E-state index contributed by atoms with van der Waals surface area (Å²) in [6.45, 7) is 3.52. The topological polar surface area (TPSA) is 84.2 Å². The maximum Gasteiger partial charge on any atom is 0.250 e. The van der Waals surface area contributed by atoms with Gasteiger partial charge in [-0.15, -0.1) is 0 Å². The number of anilines is 1. The first kappa shape index (κ1) is 14.8. The molecule has 108 valence electrons. The number of primary amides is 1. The van der Waals surface area contributed by atoms with Crippen LogP contribution >= 0.6 is 11.6 Å². The quantitative estimate of drug-likeness (QED) is 0.791. The van der Waals surface area contributed by atoms with Gasteiger partial charge < -0.3 is 16.4 Å². The van der Waals surface area contributed by atoms with Crippen molar-refractivity contribution in [1.82, 2.24) is 5.32 Å². The largest absolute Gasteiger partial charge is 0.366 e. The van der Waals surface area contributed by atoms with Crippen LogP contribution in [0.3, 0.4) is 0 Å². The van der Waals surface area contributed by atoms with Gasteiger partial charge in [-0.3, -0.25) is 9.59 Å². The molecule has 4 N–H and O–H groups in total. The van der Waals surface area contributed by atoms with E-state index in [1.54, 1.807) is 12.1 Å².